The summed E-state index contributed by atoms with van der Waals surface area (Å²) < 4.78 is 13.7. The average Bonchev–Trinajstić information content (AvgIpc) is 2.10. The largest absolute Gasteiger partial charge is 0.370 e. The lowest BCUT2D eigenvalue weighted by Crippen LogP contribution is -2.26. The Kier molecular flexibility index (Phi) is 3.62. The second-order valence-corrected chi connectivity index (χ2v) is 3.43. The Morgan fingerprint density at radius 1 is 1.27 bits per heavy atom. The van der Waals surface area contributed by atoms with Crippen LogP contribution < -0.4 is 17.2 Å². The van der Waals surface area contributed by atoms with Crippen molar-refractivity contribution >= 4 is 33.5 Å². The Morgan fingerprint density at radius 2 is 1.93 bits per heavy atom. The third kappa shape index (κ3) is 3.21. The van der Waals surface area contributed by atoms with Crippen molar-refractivity contribution < 1.29 is 4.39 Å². The van der Waals surface area contributed by atoms with Crippen LogP contribution in [0.2, 0.25) is 0 Å². The van der Waals surface area contributed by atoms with E-state index in [1.54, 1.807) is 6.07 Å². The van der Waals surface area contributed by atoms with Gasteiger partial charge < -0.3 is 17.2 Å². The first-order chi connectivity index (χ1) is 7.00. The van der Waals surface area contributed by atoms with Crippen LogP contribution in [0.15, 0.2) is 32.7 Å². The summed E-state index contributed by atoms with van der Waals surface area (Å²) in [4.78, 5) is 7.19. The third-order valence-electron chi connectivity index (χ3n) is 1.41. The predicted molar refractivity (Wildman–Crippen MR) is 61.2 cm³/mol. The molecule has 0 amide bonds. The van der Waals surface area contributed by atoms with E-state index in [2.05, 4.69) is 25.9 Å². The lowest BCUT2D eigenvalue weighted by molar-refractivity contribution is 0.629. The van der Waals surface area contributed by atoms with E-state index in [-0.39, 0.29) is 17.6 Å². The van der Waals surface area contributed by atoms with E-state index in [0.29, 0.717) is 4.47 Å². The van der Waals surface area contributed by atoms with Gasteiger partial charge in [0.05, 0.1) is 0 Å². The van der Waals surface area contributed by atoms with Gasteiger partial charge in [0.25, 0.3) is 0 Å². The van der Waals surface area contributed by atoms with Crippen molar-refractivity contribution in [2.45, 2.75) is 0 Å². The van der Waals surface area contributed by atoms with Crippen LogP contribution in [0.5, 0.6) is 0 Å². The molecule has 15 heavy (non-hydrogen) atoms. The highest BCUT2D eigenvalue weighted by Gasteiger charge is 2.05. The molecule has 0 aliphatic heterocycles. The maximum atomic E-state index is 13.2. The van der Waals surface area contributed by atoms with Crippen molar-refractivity contribution in [1.82, 2.24) is 0 Å². The molecule has 0 saturated carbocycles. The number of hydrogen-bond acceptors (Lipinski definition) is 1. The molecular formula is C8H9BrFN5. The van der Waals surface area contributed by atoms with Crippen LogP contribution in [0.25, 0.3) is 0 Å². The standard InChI is InChI=1S/C8H9BrFN5/c9-4-2-1-3-5(10)6(4)14-8(13)15-7(11)12/h1-3H,(H6,11,12,13,14,15). The summed E-state index contributed by atoms with van der Waals surface area (Å²) in [5, 5.41) is 0. The summed E-state index contributed by atoms with van der Waals surface area (Å²) in [6.07, 6.45) is 0. The molecule has 0 unspecified atom stereocenters. The number of benzene rings is 1. The first-order valence-electron chi connectivity index (χ1n) is 3.88. The van der Waals surface area contributed by atoms with Gasteiger partial charge in [-0.3, -0.25) is 0 Å². The average molecular weight is 274 g/mol. The first-order valence-corrected chi connectivity index (χ1v) is 4.68. The van der Waals surface area contributed by atoms with Gasteiger partial charge in [0.2, 0.25) is 5.96 Å². The van der Waals surface area contributed by atoms with Crippen LogP contribution in [0.1, 0.15) is 0 Å². The molecule has 1 aromatic rings. The molecule has 0 heterocycles. The van der Waals surface area contributed by atoms with Crippen molar-refractivity contribution in [3.8, 4) is 0 Å². The van der Waals surface area contributed by atoms with Crippen LogP contribution in [0.3, 0.4) is 0 Å². The molecule has 0 aromatic heterocycles. The van der Waals surface area contributed by atoms with Gasteiger partial charge in [-0.15, -0.1) is 0 Å². The van der Waals surface area contributed by atoms with Crippen LogP contribution in [-0.2, 0) is 0 Å². The van der Waals surface area contributed by atoms with E-state index in [0.717, 1.165) is 0 Å². The van der Waals surface area contributed by atoms with Gasteiger partial charge in [-0.1, -0.05) is 6.07 Å². The Hall–Kier alpha value is -1.63. The summed E-state index contributed by atoms with van der Waals surface area (Å²) in [6, 6.07) is 4.42. The minimum atomic E-state index is -0.516. The fraction of sp³-hybridized carbons (Fsp3) is 0. The highest BCUT2D eigenvalue weighted by atomic mass is 79.9. The van der Waals surface area contributed by atoms with Gasteiger partial charge in [-0.2, -0.15) is 4.99 Å². The van der Waals surface area contributed by atoms with Gasteiger partial charge >= 0.3 is 0 Å². The number of aliphatic imine (C=N–C) groups is 2. The van der Waals surface area contributed by atoms with E-state index < -0.39 is 5.82 Å². The Bertz CT molecular complexity index is 405. The van der Waals surface area contributed by atoms with E-state index in [1.165, 1.54) is 12.1 Å². The molecule has 7 heteroatoms. The highest BCUT2D eigenvalue weighted by Crippen LogP contribution is 2.27. The van der Waals surface area contributed by atoms with Crippen molar-refractivity contribution in [1.29, 1.82) is 0 Å². The van der Waals surface area contributed by atoms with E-state index >= 15 is 0 Å². The van der Waals surface area contributed by atoms with Crippen molar-refractivity contribution in [2.24, 2.45) is 27.2 Å². The molecule has 0 radical (unpaired) electrons. The van der Waals surface area contributed by atoms with Crippen LogP contribution in [-0.4, -0.2) is 11.9 Å². The van der Waals surface area contributed by atoms with Gasteiger partial charge in [-0.25, -0.2) is 9.38 Å². The highest BCUT2D eigenvalue weighted by molar-refractivity contribution is 9.10. The summed E-state index contributed by atoms with van der Waals surface area (Å²) in [5.74, 6) is -0.956. The molecule has 1 aromatic carbocycles. The second kappa shape index (κ2) is 4.74. The zero-order valence-corrected chi connectivity index (χ0v) is 9.20. The summed E-state index contributed by atoms with van der Waals surface area (Å²) >= 11 is 3.13. The third-order valence-corrected chi connectivity index (χ3v) is 2.05. The molecule has 0 bridgehead atoms. The molecule has 0 saturated heterocycles. The van der Waals surface area contributed by atoms with Crippen molar-refractivity contribution in [3.63, 3.8) is 0 Å². The molecule has 0 aliphatic carbocycles. The first kappa shape index (κ1) is 11.4. The number of guanidine groups is 2. The Labute approximate surface area is 94.0 Å². The number of hydrogen-bond donors (Lipinski definition) is 3. The monoisotopic (exact) mass is 273 g/mol. The SMILES string of the molecule is NC(N)=NC(N)=Nc1c(F)cccc1Br. The Balaban J connectivity index is 3.13. The quantitative estimate of drug-likeness (QED) is 0.521. The maximum Gasteiger partial charge on any atom is 0.223 e. The zero-order valence-electron chi connectivity index (χ0n) is 7.61. The summed E-state index contributed by atoms with van der Waals surface area (Å²) in [7, 11) is 0. The van der Waals surface area contributed by atoms with Crippen LogP contribution >= 0.6 is 15.9 Å². The van der Waals surface area contributed by atoms with Gasteiger partial charge in [0.1, 0.15) is 11.5 Å². The smallest absolute Gasteiger partial charge is 0.223 e. The molecule has 80 valence electrons. The minimum absolute atomic E-state index is 0.0556. The van der Waals surface area contributed by atoms with Crippen LogP contribution in [0, 0.1) is 5.82 Å². The number of halogens is 2. The normalized spacial score (nSPS) is 11.2. The topological polar surface area (TPSA) is 103 Å². The number of nitrogens with zero attached hydrogens (tertiary/aromatic N) is 2. The maximum absolute atomic E-state index is 13.2. The summed E-state index contributed by atoms with van der Waals surface area (Å²) in [6.45, 7) is 0. The minimum Gasteiger partial charge on any atom is -0.370 e. The zero-order chi connectivity index (χ0) is 11.4. The fourth-order valence-corrected chi connectivity index (χ4v) is 1.30. The molecule has 6 N–H and O–H groups in total. The van der Waals surface area contributed by atoms with Gasteiger partial charge in [0, 0.05) is 4.47 Å². The van der Waals surface area contributed by atoms with Crippen molar-refractivity contribution in [2.75, 3.05) is 0 Å². The lowest BCUT2D eigenvalue weighted by Gasteiger charge is -2.00. The van der Waals surface area contributed by atoms with Crippen molar-refractivity contribution in [3.05, 3.63) is 28.5 Å². The molecule has 0 spiro atoms. The summed E-state index contributed by atoms with van der Waals surface area (Å²) in [5.41, 5.74) is 15.6. The molecule has 0 aliphatic rings. The molecule has 5 nitrogen and oxygen atoms in total. The lowest BCUT2D eigenvalue weighted by atomic mass is 10.3. The number of rotatable bonds is 1. The predicted octanol–water partition coefficient (Wildman–Crippen LogP) is 0.808. The van der Waals surface area contributed by atoms with Gasteiger partial charge in [-0.05, 0) is 28.1 Å². The van der Waals surface area contributed by atoms with E-state index in [9.17, 15) is 4.39 Å². The van der Waals surface area contributed by atoms with Gasteiger partial charge in [0.15, 0.2) is 5.96 Å². The number of nitrogens with two attached hydrogens (primary N) is 3. The van der Waals surface area contributed by atoms with E-state index in [1.807, 2.05) is 0 Å². The molecule has 1 rings (SSSR count). The Morgan fingerprint density at radius 3 is 2.47 bits per heavy atom. The number of para-hydroxylation sites is 1. The molecular weight excluding hydrogens is 265 g/mol. The molecule has 0 fully saturated rings. The van der Waals surface area contributed by atoms with Crippen LogP contribution in [0.4, 0.5) is 10.1 Å². The second-order valence-electron chi connectivity index (χ2n) is 2.58. The molecule has 0 atom stereocenters. The fourth-order valence-electron chi connectivity index (χ4n) is 0.868. The van der Waals surface area contributed by atoms with E-state index in [4.69, 9.17) is 17.2 Å².